The molecule has 3 heterocycles. The molecule has 0 aromatic carbocycles. The summed E-state index contributed by atoms with van der Waals surface area (Å²) >= 11 is 0. The second-order valence-electron chi connectivity index (χ2n) is 4.89. The second kappa shape index (κ2) is 5.76. The van der Waals surface area contributed by atoms with E-state index >= 15 is 0 Å². The topological polar surface area (TPSA) is 180 Å². The number of H-pyrrole nitrogens is 1. The van der Waals surface area contributed by atoms with E-state index in [2.05, 4.69) is 19.5 Å². The highest BCUT2D eigenvalue weighted by atomic mass is 31.2. The second-order valence-corrected chi connectivity index (χ2v) is 6.13. The average molecular weight is 348 g/mol. The van der Waals surface area contributed by atoms with Crippen molar-refractivity contribution >= 4 is 19.0 Å². The Morgan fingerprint density at radius 1 is 1.35 bits per heavy atom. The van der Waals surface area contributed by atoms with Gasteiger partial charge in [0.05, 0.1) is 19.3 Å². The molecule has 4 atom stereocenters. The maximum Gasteiger partial charge on any atom is 0.469 e. The van der Waals surface area contributed by atoms with Gasteiger partial charge in [-0.25, -0.2) is 14.5 Å². The van der Waals surface area contributed by atoms with Crippen LogP contribution >= 0.6 is 7.82 Å². The standard InChI is InChI=1S/C10H13N4O8P/c15-6-4(1-21-23(18,19)20)22-10(7(6)16)14-3-13-5-8(14)11-2-12-9(5)17/h2-4,6-7,10,15-16H,1H2,(H,11,12,17)(H2,18,19,20)/t4-,6-,7-,10-/m0/s1. The van der Waals surface area contributed by atoms with Crippen molar-refractivity contribution in [1.82, 2.24) is 19.5 Å². The number of hydrogen-bond acceptors (Lipinski definition) is 8. The van der Waals surface area contributed by atoms with Crippen molar-refractivity contribution < 1.29 is 33.8 Å². The molecule has 3 rings (SSSR count). The van der Waals surface area contributed by atoms with Crippen molar-refractivity contribution in [3.8, 4) is 0 Å². The molecule has 0 aliphatic carbocycles. The first-order valence-electron chi connectivity index (χ1n) is 6.40. The molecule has 23 heavy (non-hydrogen) atoms. The van der Waals surface area contributed by atoms with Gasteiger partial charge in [-0.05, 0) is 0 Å². The summed E-state index contributed by atoms with van der Waals surface area (Å²) in [7, 11) is -4.74. The quantitative estimate of drug-likeness (QED) is 0.382. The van der Waals surface area contributed by atoms with Gasteiger partial charge in [-0.1, -0.05) is 0 Å². The molecule has 13 heteroatoms. The molecule has 1 aliphatic rings. The molecule has 1 aliphatic heterocycles. The minimum Gasteiger partial charge on any atom is -0.387 e. The zero-order valence-corrected chi connectivity index (χ0v) is 12.3. The number of phosphoric acid groups is 1. The normalized spacial score (nSPS) is 28.5. The highest BCUT2D eigenvalue weighted by molar-refractivity contribution is 7.46. The Labute approximate surface area is 127 Å². The number of phosphoric ester groups is 1. The van der Waals surface area contributed by atoms with Crippen LogP contribution in [0, 0.1) is 0 Å². The summed E-state index contributed by atoms with van der Waals surface area (Å²) in [6.45, 7) is -0.625. The van der Waals surface area contributed by atoms with Crippen LogP contribution in [0.15, 0.2) is 17.4 Å². The summed E-state index contributed by atoms with van der Waals surface area (Å²) in [6, 6.07) is 0. The Kier molecular flexibility index (Phi) is 4.06. The van der Waals surface area contributed by atoms with Gasteiger partial charge in [0.15, 0.2) is 17.4 Å². The number of hydrogen-bond donors (Lipinski definition) is 5. The Bertz CT molecular complexity index is 815. The van der Waals surface area contributed by atoms with Crippen molar-refractivity contribution in [2.75, 3.05) is 6.61 Å². The van der Waals surface area contributed by atoms with Gasteiger partial charge in [0, 0.05) is 0 Å². The van der Waals surface area contributed by atoms with Gasteiger partial charge >= 0.3 is 7.82 Å². The summed E-state index contributed by atoms with van der Waals surface area (Å²) in [5.41, 5.74) is -0.336. The summed E-state index contributed by atoms with van der Waals surface area (Å²) in [6.07, 6.45) is -2.85. The van der Waals surface area contributed by atoms with E-state index in [1.165, 1.54) is 10.9 Å². The Morgan fingerprint density at radius 2 is 2.09 bits per heavy atom. The molecule has 0 saturated carbocycles. The molecule has 2 aromatic heterocycles. The largest absolute Gasteiger partial charge is 0.469 e. The van der Waals surface area contributed by atoms with Gasteiger partial charge in [-0.3, -0.25) is 13.9 Å². The molecule has 0 radical (unpaired) electrons. The first-order chi connectivity index (χ1) is 10.8. The third-order valence-corrected chi connectivity index (χ3v) is 3.87. The number of fused-ring (bicyclic) bond motifs is 1. The predicted molar refractivity (Wildman–Crippen MR) is 72.1 cm³/mol. The fourth-order valence-electron chi connectivity index (χ4n) is 2.32. The molecular formula is C10H13N4O8P. The van der Waals surface area contributed by atoms with Gasteiger partial charge in [-0.2, -0.15) is 0 Å². The lowest BCUT2D eigenvalue weighted by atomic mass is 10.1. The van der Waals surface area contributed by atoms with Crippen molar-refractivity contribution in [2.45, 2.75) is 24.5 Å². The molecule has 0 bridgehead atoms. The molecule has 1 fully saturated rings. The van der Waals surface area contributed by atoms with Crippen LogP contribution in [0.5, 0.6) is 0 Å². The predicted octanol–water partition coefficient (Wildman–Crippen LogP) is -2.15. The molecule has 12 nitrogen and oxygen atoms in total. The summed E-state index contributed by atoms with van der Waals surface area (Å²) < 4.78 is 21.6. The van der Waals surface area contributed by atoms with E-state index in [9.17, 15) is 19.6 Å². The van der Waals surface area contributed by atoms with Crippen molar-refractivity contribution in [3.05, 3.63) is 23.0 Å². The Hall–Kier alpha value is -1.66. The Balaban J connectivity index is 1.87. The number of aromatic nitrogens is 4. The van der Waals surface area contributed by atoms with Crippen LogP contribution in [-0.4, -0.2) is 64.4 Å². The molecule has 0 amide bonds. The highest BCUT2D eigenvalue weighted by Crippen LogP contribution is 2.38. The minimum atomic E-state index is -4.74. The van der Waals surface area contributed by atoms with Crippen LogP contribution < -0.4 is 5.56 Å². The molecule has 0 spiro atoms. The lowest BCUT2D eigenvalue weighted by Crippen LogP contribution is -2.33. The first-order valence-corrected chi connectivity index (χ1v) is 7.93. The van der Waals surface area contributed by atoms with Crippen molar-refractivity contribution in [2.24, 2.45) is 0 Å². The lowest BCUT2D eigenvalue weighted by molar-refractivity contribution is -0.0504. The zero-order chi connectivity index (χ0) is 16.8. The van der Waals surface area contributed by atoms with Crippen LogP contribution in [0.4, 0.5) is 0 Å². The maximum atomic E-state index is 11.6. The van der Waals surface area contributed by atoms with Crippen LogP contribution in [0.1, 0.15) is 6.23 Å². The number of ether oxygens (including phenoxy) is 1. The molecule has 126 valence electrons. The Morgan fingerprint density at radius 3 is 2.78 bits per heavy atom. The third kappa shape index (κ3) is 3.05. The van der Waals surface area contributed by atoms with E-state index in [1.54, 1.807) is 0 Å². The summed E-state index contributed by atoms with van der Waals surface area (Å²) in [5, 5.41) is 20.0. The van der Waals surface area contributed by atoms with E-state index < -0.39 is 44.5 Å². The fourth-order valence-corrected chi connectivity index (χ4v) is 2.66. The van der Waals surface area contributed by atoms with E-state index in [4.69, 9.17) is 14.5 Å². The van der Waals surface area contributed by atoms with Gasteiger partial charge < -0.3 is 29.7 Å². The fraction of sp³-hybridized carbons (Fsp3) is 0.500. The molecule has 0 unspecified atom stereocenters. The number of nitrogens with zero attached hydrogens (tertiary/aromatic N) is 3. The van der Waals surface area contributed by atoms with Crippen molar-refractivity contribution in [3.63, 3.8) is 0 Å². The number of aromatic amines is 1. The number of nitrogens with one attached hydrogen (secondary N) is 1. The highest BCUT2D eigenvalue weighted by Gasteiger charge is 2.45. The van der Waals surface area contributed by atoms with Crippen LogP contribution in [0.25, 0.3) is 11.2 Å². The van der Waals surface area contributed by atoms with Gasteiger partial charge in [0.25, 0.3) is 5.56 Å². The number of rotatable bonds is 4. The molecule has 1 saturated heterocycles. The molecular weight excluding hydrogens is 335 g/mol. The van der Waals surface area contributed by atoms with Gasteiger partial charge in [0.2, 0.25) is 0 Å². The minimum absolute atomic E-state index is 0.0210. The summed E-state index contributed by atoms with van der Waals surface area (Å²) in [4.78, 5) is 39.1. The monoisotopic (exact) mass is 348 g/mol. The average Bonchev–Trinajstić information content (AvgIpc) is 3.01. The van der Waals surface area contributed by atoms with Crippen molar-refractivity contribution in [1.29, 1.82) is 0 Å². The first kappa shape index (κ1) is 16.2. The van der Waals surface area contributed by atoms with Crippen LogP contribution in [-0.2, 0) is 13.8 Å². The number of aliphatic hydroxyl groups is 2. The van der Waals surface area contributed by atoms with E-state index in [0.29, 0.717) is 0 Å². The smallest absolute Gasteiger partial charge is 0.387 e. The molecule has 5 N–H and O–H groups in total. The zero-order valence-electron chi connectivity index (χ0n) is 11.4. The lowest BCUT2D eigenvalue weighted by Gasteiger charge is -2.16. The number of aliphatic hydroxyl groups excluding tert-OH is 2. The van der Waals surface area contributed by atoms with Crippen LogP contribution in [0.3, 0.4) is 0 Å². The van der Waals surface area contributed by atoms with E-state index in [0.717, 1.165) is 6.33 Å². The van der Waals surface area contributed by atoms with E-state index in [-0.39, 0.29) is 11.2 Å². The van der Waals surface area contributed by atoms with Crippen LogP contribution in [0.2, 0.25) is 0 Å². The SMILES string of the molecule is O=c1[nH]cnc2c1ncn2[C@H]1O[C@@H](COP(=O)(O)O)[C@H](O)[C@@H]1O. The van der Waals surface area contributed by atoms with Gasteiger partial charge in [-0.15, -0.1) is 0 Å². The van der Waals surface area contributed by atoms with E-state index in [1.807, 2.05) is 0 Å². The van der Waals surface area contributed by atoms with Gasteiger partial charge in [0.1, 0.15) is 18.3 Å². The third-order valence-electron chi connectivity index (χ3n) is 3.38. The summed E-state index contributed by atoms with van der Waals surface area (Å²) in [5.74, 6) is 0. The maximum absolute atomic E-state index is 11.6. The number of imidazole rings is 1. The molecule has 2 aromatic rings.